The van der Waals surface area contributed by atoms with E-state index in [2.05, 4.69) is 40.0 Å². The zero-order valence-corrected chi connectivity index (χ0v) is 12.3. The Morgan fingerprint density at radius 2 is 1.88 bits per heavy atom. The van der Waals surface area contributed by atoms with Gasteiger partial charge in [-0.1, -0.05) is 15.9 Å². The number of hydrogen-bond donors (Lipinski definition) is 1. The van der Waals surface area contributed by atoms with Gasteiger partial charge in [-0.3, -0.25) is 4.79 Å². The molecule has 0 saturated carbocycles. The molecule has 1 heterocycles. The molecule has 4 heteroatoms. The van der Waals surface area contributed by atoms with Crippen LogP contribution in [0.1, 0.15) is 40.5 Å². The van der Waals surface area contributed by atoms with Gasteiger partial charge in [0, 0.05) is 25.2 Å². The number of halogens is 1. The molecule has 0 unspecified atom stereocenters. The maximum atomic E-state index is 11.8. The van der Waals surface area contributed by atoms with Gasteiger partial charge >= 0.3 is 0 Å². The van der Waals surface area contributed by atoms with Gasteiger partial charge in [-0.15, -0.1) is 0 Å². The molecule has 1 rings (SSSR count). The van der Waals surface area contributed by atoms with Crippen molar-refractivity contribution in [1.82, 2.24) is 10.2 Å². The van der Waals surface area contributed by atoms with Gasteiger partial charge in [-0.2, -0.15) is 0 Å². The topological polar surface area (TPSA) is 32.3 Å². The third-order valence-electron chi connectivity index (χ3n) is 3.14. The van der Waals surface area contributed by atoms with Gasteiger partial charge in [0.15, 0.2) is 0 Å². The molecule has 1 aliphatic heterocycles. The van der Waals surface area contributed by atoms with Crippen LogP contribution in [0.5, 0.6) is 0 Å². The summed E-state index contributed by atoms with van der Waals surface area (Å²) in [6.45, 7) is 10.4. The number of piperidine rings is 1. The Morgan fingerprint density at radius 1 is 1.38 bits per heavy atom. The van der Waals surface area contributed by atoms with Crippen LogP contribution in [0.4, 0.5) is 0 Å². The van der Waals surface area contributed by atoms with E-state index in [0.29, 0.717) is 12.1 Å². The van der Waals surface area contributed by atoms with E-state index in [1.165, 1.54) is 0 Å². The highest BCUT2D eigenvalue weighted by Crippen LogP contribution is 2.18. The maximum Gasteiger partial charge on any atom is 0.236 e. The predicted octanol–water partition coefficient (Wildman–Crippen LogP) is 2.15. The van der Waals surface area contributed by atoms with Crippen molar-refractivity contribution in [2.24, 2.45) is 0 Å². The Bertz CT molecular complexity index is 240. The lowest BCUT2D eigenvalue weighted by atomic mass is 10.0. The van der Waals surface area contributed by atoms with Crippen LogP contribution in [-0.2, 0) is 4.79 Å². The van der Waals surface area contributed by atoms with Crippen LogP contribution in [-0.4, -0.2) is 40.3 Å². The minimum Gasteiger partial charge on any atom is -0.352 e. The second-order valence-corrected chi connectivity index (χ2v) is 7.33. The molecule has 1 saturated heterocycles. The van der Waals surface area contributed by atoms with Gasteiger partial charge in [0.1, 0.15) is 0 Å². The van der Waals surface area contributed by atoms with E-state index >= 15 is 0 Å². The molecule has 1 amide bonds. The van der Waals surface area contributed by atoms with Crippen molar-refractivity contribution in [2.75, 3.05) is 13.1 Å². The summed E-state index contributed by atoms with van der Waals surface area (Å²) in [6, 6.07) is 0.962. The molecule has 94 valence electrons. The van der Waals surface area contributed by atoms with Crippen molar-refractivity contribution in [1.29, 1.82) is 0 Å². The smallest absolute Gasteiger partial charge is 0.236 e. The number of nitrogens with one attached hydrogen (secondary N) is 1. The molecule has 0 spiro atoms. The number of rotatable bonds is 3. The van der Waals surface area contributed by atoms with Gasteiger partial charge < -0.3 is 10.2 Å². The lowest BCUT2D eigenvalue weighted by molar-refractivity contribution is -0.123. The molecule has 1 fully saturated rings. The van der Waals surface area contributed by atoms with Crippen LogP contribution in [0, 0.1) is 0 Å². The number of likely N-dealkylation sites (tertiary alicyclic amines) is 1. The van der Waals surface area contributed by atoms with Crippen LogP contribution in [0.25, 0.3) is 0 Å². The third-order valence-corrected chi connectivity index (χ3v) is 3.50. The molecular weight excluding hydrogens is 268 g/mol. The van der Waals surface area contributed by atoms with Crippen molar-refractivity contribution in [2.45, 2.75) is 56.9 Å². The normalized spacial score (nSPS) is 20.1. The Morgan fingerprint density at radius 3 is 2.25 bits per heavy atom. The molecule has 1 aliphatic rings. The van der Waals surface area contributed by atoms with Gasteiger partial charge in [0.2, 0.25) is 5.91 Å². The number of nitrogens with zero attached hydrogens (tertiary/aromatic N) is 1. The van der Waals surface area contributed by atoms with Crippen LogP contribution in [0.3, 0.4) is 0 Å². The van der Waals surface area contributed by atoms with Gasteiger partial charge in [-0.05, 0) is 40.5 Å². The second-order valence-electron chi connectivity index (χ2n) is 5.35. The summed E-state index contributed by atoms with van der Waals surface area (Å²) in [4.78, 5) is 14.2. The van der Waals surface area contributed by atoms with E-state index in [4.69, 9.17) is 0 Å². The Labute approximate surface area is 107 Å². The summed E-state index contributed by atoms with van der Waals surface area (Å²) in [5.74, 6) is 0.0931. The second kappa shape index (κ2) is 5.50. The average Bonchev–Trinajstić information content (AvgIpc) is 2.17. The highest BCUT2D eigenvalue weighted by Gasteiger charge is 2.28. The number of alkyl halides is 1. The molecule has 0 aromatic heterocycles. The zero-order valence-electron chi connectivity index (χ0n) is 10.7. The minimum atomic E-state index is -0.456. The van der Waals surface area contributed by atoms with Crippen molar-refractivity contribution in [3.63, 3.8) is 0 Å². The van der Waals surface area contributed by atoms with Crippen LogP contribution in [0.15, 0.2) is 0 Å². The zero-order chi connectivity index (χ0) is 12.3. The first-order valence-electron chi connectivity index (χ1n) is 6.04. The van der Waals surface area contributed by atoms with Gasteiger partial charge in [-0.25, -0.2) is 0 Å². The summed E-state index contributed by atoms with van der Waals surface area (Å²) in [6.07, 6.45) is 2.12. The van der Waals surface area contributed by atoms with Crippen LogP contribution < -0.4 is 5.32 Å². The third kappa shape index (κ3) is 4.06. The molecule has 0 aromatic rings. The minimum absolute atomic E-state index is 0.0931. The molecule has 1 N–H and O–H groups in total. The molecule has 0 aliphatic carbocycles. The van der Waals surface area contributed by atoms with E-state index in [-0.39, 0.29) is 5.91 Å². The fraction of sp³-hybridized carbons (Fsp3) is 0.917. The van der Waals surface area contributed by atoms with Crippen molar-refractivity contribution < 1.29 is 4.79 Å². The Kier molecular flexibility index (Phi) is 4.80. The number of carbonyl (C=O) groups is 1. The number of hydrogen-bond acceptors (Lipinski definition) is 2. The summed E-state index contributed by atoms with van der Waals surface area (Å²) < 4.78 is -0.456. The molecule has 0 radical (unpaired) electrons. The maximum absolute atomic E-state index is 11.8. The first-order valence-corrected chi connectivity index (χ1v) is 6.84. The molecule has 0 atom stereocenters. The highest BCUT2D eigenvalue weighted by molar-refractivity contribution is 9.10. The summed E-state index contributed by atoms with van der Waals surface area (Å²) in [5.41, 5.74) is 0. The molecular formula is C12H23BrN2O. The van der Waals surface area contributed by atoms with E-state index in [9.17, 15) is 4.79 Å². The molecule has 3 nitrogen and oxygen atoms in total. The molecule has 16 heavy (non-hydrogen) atoms. The lowest BCUT2D eigenvalue weighted by Gasteiger charge is -2.35. The lowest BCUT2D eigenvalue weighted by Crippen LogP contribution is -2.49. The summed E-state index contributed by atoms with van der Waals surface area (Å²) in [7, 11) is 0. The van der Waals surface area contributed by atoms with E-state index in [1.54, 1.807) is 0 Å². The van der Waals surface area contributed by atoms with E-state index < -0.39 is 4.32 Å². The average molecular weight is 291 g/mol. The fourth-order valence-electron chi connectivity index (χ4n) is 1.92. The number of carbonyl (C=O) groups excluding carboxylic acids is 1. The van der Waals surface area contributed by atoms with Gasteiger partial charge in [0.25, 0.3) is 0 Å². The SMILES string of the molecule is CC(C)N1CCC(NC(=O)C(C)(C)Br)CC1. The molecule has 0 aromatic carbocycles. The standard InChI is InChI=1S/C12H23BrN2O/c1-9(2)15-7-5-10(6-8-15)14-11(16)12(3,4)13/h9-10H,5-8H2,1-4H3,(H,14,16). The van der Waals surface area contributed by atoms with E-state index in [1.807, 2.05) is 13.8 Å². The van der Waals surface area contributed by atoms with Gasteiger partial charge in [0.05, 0.1) is 4.32 Å². The highest BCUT2D eigenvalue weighted by atomic mass is 79.9. The first-order chi connectivity index (χ1) is 7.30. The molecule has 0 bridgehead atoms. The summed E-state index contributed by atoms with van der Waals surface area (Å²) >= 11 is 3.38. The fourth-order valence-corrected chi connectivity index (χ4v) is 2.03. The largest absolute Gasteiger partial charge is 0.352 e. The Hall–Kier alpha value is -0.0900. The van der Waals surface area contributed by atoms with Crippen LogP contribution >= 0.6 is 15.9 Å². The van der Waals surface area contributed by atoms with Crippen molar-refractivity contribution in [3.05, 3.63) is 0 Å². The van der Waals surface area contributed by atoms with Crippen molar-refractivity contribution >= 4 is 21.8 Å². The van der Waals surface area contributed by atoms with E-state index in [0.717, 1.165) is 25.9 Å². The predicted molar refractivity (Wildman–Crippen MR) is 70.9 cm³/mol. The summed E-state index contributed by atoms with van der Waals surface area (Å²) in [5, 5.41) is 3.11. The Balaban J connectivity index is 2.35. The quantitative estimate of drug-likeness (QED) is 0.808. The number of amides is 1. The van der Waals surface area contributed by atoms with Crippen LogP contribution in [0.2, 0.25) is 0 Å². The monoisotopic (exact) mass is 290 g/mol. The first kappa shape index (κ1) is 14.0. The van der Waals surface area contributed by atoms with Crippen molar-refractivity contribution in [3.8, 4) is 0 Å².